The minimum Gasteiger partial charge on any atom is -0.481 e. The van der Waals surface area contributed by atoms with Crippen molar-refractivity contribution in [2.24, 2.45) is 35.5 Å². The van der Waals surface area contributed by atoms with Crippen molar-refractivity contribution < 1.29 is 9.90 Å². The van der Waals surface area contributed by atoms with Gasteiger partial charge in [0, 0.05) is 6.42 Å². The number of hydrogen-bond donors (Lipinski definition) is 1. The molecule has 8 saturated carbocycles. The first kappa shape index (κ1) is 19.6. The molecule has 0 aromatic rings. The molecule has 8 bridgehead atoms. The highest BCUT2D eigenvalue weighted by molar-refractivity contribution is 7.61. The second-order valence-corrected chi connectivity index (χ2v) is 15.8. The first-order valence-corrected chi connectivity index (χ1v) is 14.5. The average Bonchev–Trinajstić information content (AvgIpc) is 2.61. The maximum atomic E-state index is 11.0. The second kappa shape index (κ2) is 7.21. The molecule has 162 valence electrons. The molecule has 8 rings (SSSR count). The van der Waals surface area contributed by atoms with Gasteiger partial charge in [-0.15, -0.1) is 0 Å². The van der Waals surface area contributed by atoms with Crippen LogP contribution in [0.1, 0.15) is 103 Å². The lowest BCUT2D eigenvalue weighted by Gasteiger charge is -2.67. The van der Waals surface area contributed by atoms with E-state index in [1.54, 1.807) is 77.0 Å². The Hall–Kier alpha value is -0.100. The van der Waals surface area contributed by atoms with Gasteiger partial charge in [0.15, 0.2) is 0 Å². The molecule has 0 aliphatic heterocycles. The van der Waals surface area contributed by atoms with E-state index in [2.05, 4.69) is 0 Å². The van der Waals surface area contributed by atoms with Gasteiger partial charge in [0.1, 0.15) is 0 Å². The number of rotatable bonds is 8. The Morgan fingerprint density at radius 3 is 1.38 bits per heavy atom. The Morgan fingerprint density at radius 1 is 0.655 bits per heavy atom. The van der Waals surface area contributed by atoms with Crippen molar-refractivity contribution in [3.63, 3.8) is 0 Å². The molecule has 8 aliphatic rings. The van der Waals surface area contributed by atoms with E-state index in [0.717, 1.165) is 58.7 Å². The molecule has 1 N–H and O–H groups in total. The normalized spacial score (nSPS) is 50.2. The summed E-state index contributed by atoms with van der Waals surface area (Å²) >= 11 is 0. The summed E-state index contributed by atoms with van der Waals surface area (Å²) in [4.78, 5) is 11.0. The Bertz CT molecular complexity index is 541. The van der Waals surface area contributed by atoms with E-state index in [1.165, 1.54) is 12.6 Å². The van der Waals surface area contributed by atoms with Crippen LogP contribution in [0.15, 0.2) is 0 Å². The predicted molar refractivity (Wildman–Crippen MR) is 120 cm³/mol. The number of aliphatic carboxylic acids is 1. The van der Waals surface area contributed by atoms with E-state index in [-0.39, 0.29) is 7.92 Å². The molecule has 0 atom stereocenters. The monoisotopic (exact) mass is 416 g/mol. The maximum Gasteiger partial charge on any atom is 0.303 e. The van der Waals surface area contributed by atoms with Crippen LogP contribution in [0.2, 0.25) is 0 Å². The average molecular weight is 417 g/mol. The summed E-state index contributed by atoms with van der Waals surface area (Å²) in [6, 6.07) is 0. The van der Waals surface area contributed by atoms with Crippen molar-refractivity contribution in [2.45, 2.75) is 113 Å². The van der Waals surface area contributed by atoms with E-state index in [9.17, 15) is 4.79 Å². The van der Waals surface area contributed by atoms with Gasteiger partial charge in [0.2, 0.25) is 0 Å². The SMILES string of the molecule is O=C(O)CCCCCP(C12CC3CC(CC(C3)C1)C2)C12CC3CC(CC(C3)C1)C2. The highest BCUT2D eigenvalue weighted by Crippen LogP contribution is 2.78. The number of unbranched alkanes of at least 4 members (excludes halogenated alkanes) is 2. The number of carboxylic acids is 1. The molecule has 8 fully saturated rings. The molecule has 0 aromatic carbocycles. The van der Waals surface area contributed by atoms with E-state index >= 15 is 0 Å². The summed E-state index contributed by atoms with van der Waals surface area (Å²) in [6.07, 6.45) is 24.3. The van der Waals surface area contributed by atoms with E-state index in [0.29, 0.717) is 6.42 Å². The van der Waals surface area contributed by atoms with Gasteiger partial charge in [0.25, 0.3) is 0 Å². The van der Waals surface area contributed by atoms with Gasteiger partial charge in [-0.3, -0.25) is 4.79 Å². The largest absolute Gasteiger partial charge is 0.481 e. The van der Waals surface area contributed by atoms with Crippen LogP contribution in [0.3, 0.4) is 0 Å². The van der Waals surface area contributed by atoms with Crippen LogP contribution < -0.4 is 0 Å². The Balaban J connectivity index is 1.26. The Labute approximate surface area is 178 Å². The Morgan fingerprint density at radius 2 is 1.03 bits per heavy atom. The summed E-state index contributed by atoms with van der Waals surface area (Å²) in [5.41, 5.74) is 0. The topological polar surface area (TPSA) is 37.3 Å². The van der Waals surface area contributed by atoms with Crippen LogP contribution in [0, 0.1) is 35.5 Å². The minimum atomic E-state index is -0.602. The molecule has 29 heavy (non-hydrogen) atoms. The van der Waals surface area contributed by atoms with Crippen molar-refractivity contribution in [1.29, 1.82) is 0 Å². The van der Waals surface area contributed by atoms with Crippen molar-refractivity contribution in [3.8, 4) is 0 Å². The molecule has 0 saturated heterocycles. The molecular weight excluding hydrogens is 375 g/mol. The van der Waals surface area contributed by atoms with Crippen LogP contribution in [0.4, 0.5) is 0 Å². The van der Waals surface area contributed by atoms with Gasteiger partial charge in [-0.1, -0.05) is 14.3 Å². The van der Waals surface area contributed by atoms with Gasteiger partial charge >= 0.3 is 5.97 Å². The zero-order valence-corrected chi connectivity index (χ0v) is 19.2. The smallest absolute Gasteiger partial charge is 0.303 e. The van der Waals surface area contributed by atoms with Crippen molar-refractivity contribution in [3.05, 3.63) is 0 Å². The number of carbonyl (C=O) groups is 1. The minimum absolute atomic E-state index is 0.112. The zero-order chi connectivity index (χ0) is 19.6. The molecule has 0 spiro atoms. The van der Waals surface area contributed by atoms with Crippen LogP contribution in [0.5, 0.6) is 0 Å². The van der Waals surface area contributed by atoms with E-state index < -0.39 is 5.97 Å². The van der Waals surface area contributed by atoms with Crippen molar-refractivity contribution >= 4 is 13.9 Å². The lowest BCUT2D eigenvalue weighted by Crippen LogP contribution is -2.56. The second-order valence-electron chi connectivity index (χ2n) is 12.6. The van der Waals surface area contributed by atoms with Gasteiger partial charge in [-0.25, -0.2) is 0 Å². The van der Waals surface area contributed by atoms with Crippen molar-refractivity contribution in [1.82, 2.24) is 0 Å². The Kier molecular flexibility index (Phi) is 4.87. The van der Waals surface area contributed by atoms with Crippen LogP contribution in [-0.4, -0.2) is 27.5 Å². The maximum absolute atomic E-state index is 11.0. The fraction of sp³-hybridized carbons (Fsp3) is 0.962. The molecule has 0 amide bonds. The highest BCUT2D eigenvalue weighted by atomic mass is 31.1. The summed E-state index contributed by atoms with van der Waals surface area (Å²) in [7, 11) is 0.112. The third-order valence-electron chi connectivity index (χ3n) is 10.4. The molecule has 0 unspecified atom stereocenters. The molecule has 8 aliphatic carbocycles. The quantitative estimate of drug-likeness (QED) is 0.340. The molecule has 0 radical (unpaired) electrons. The van der Waals surface area contributed by atoms with Gasteiger partial charge in [-0.05, 0) is 142 Å². The summed E-state index contributed by atoms with van der Waals surface area (Å²) in [5, 5.41) is 10.5. The summed E-state index contributed by atoms with van der Waals surface area (Å²) in [6.45, 7) is 0. The third kappa shape index (κ3) is 3.43. The van der Waals surface area contributed by atoms with E-state index in [4.69, 9.17) is 5.11 Å². The van der Waals surface area contributed by atoms with Gasteiger partial charge in [0.05, 0.1) is 0 Å². The molecule has 0 aromatic heterocycles. The molecular formula is C26H41O2P. The standard InChI is InChI=1S/C26H41O2P/c27-24(28)4-2-1-3-5-29(25-12-18-6-19(13-25)8-20(7-18)14-25)26-15-21-9-22(16-26)11-23(10-21)17-26/h18-23H,1-17H2,(H,27,28). The molecule has 3 heteroatoms. The van der Waals surface area contributed by atoms with Crippen LogP contribution >= 0.6 is 7.92 Å². The first-order chi connectivity index (χ1) is 14.0. The zero-order valence-electron chi connectivity index (χ0n) is 18.3. The van der Waals surface area contributed by atoms with Gasteiger partial charge in [-0.2, -0.15) is 0 Å². The fourth-order valence-electron chi connectivity index (χ4n) is 10.5. The predicted octanol–water partition coefficient (Wildman–Crippen LogP) is 7.05. The highest BCUT2D eigenvalue weighted by Gasteiger charge is 2.62. The van der Waals surface area contributed by atoms with Crippen molar-refractivity contribution in [2.75, 3.05) is 6.16 Å². The first-order valence-electron chi connectivity index (χ1n) is 13.0. The lowest BCUT2D eigenvalue weighted by atomic mass is 9.55. The summed E-state index contributed by atoms with van der Waals surface area (Å²) < 4.78 is 0. The van der Waals surface area contributed by atoms with Gasteiger partial charge < -0.3 is 5.11 Å². The number of carboxylic acid groups (broad SMARTS) is 1. The fourth-order valence-corrected chi connectivity index (χ4v) is 15.9. The van der Waals surface area contributed by atoms with E-state index in [1.807, 2.05) is 0 Å². The summed E-state index contributed by atoms with van der Waals surface area (Å²) in [5.74, 6) is 5.85. The molecule has 0 heterocycles. The van der Waals surface area contributed by atoms with Crippen LogP contribution in [-0.2, 0) is 4.79 Å². The third-order valence-corrected chi connectivity index (χ3v) is 14.6. The molecule has 2 nitrogen and oxygen atoms in total. The number of hydrogen-bond acceptors (Lipinski definition) is 1. The lowest BCUT2D eigenvalue weighted by molar-refractivity contribution is -0.137. The van der Waals surface area contributed by atoms with Crippen LogP contribution in [0.25, 0.3) is 0 Å².